The molecule has 17 heavy (non-hydrogen) atoms. The number of carboxylic acid groups (broad SMARTS) is 1. The zero-order valence-electron chi connectivity index (χ0n) is 11.1. The molecule has 0 saturated carbocycles. The van der Waals surface area contributed by atoms with Crippen molar-refractivity contribution in [2.45, 2.75) is 32.2 Å². The van der Waals surface area contributed by atoms with E-state index in [1.165, 1.54) is 19.4 Å². The molecule has 98 valence electrons. The molecule has 0 aliphatic carbocycles. The second kappa shape index (κ2) is 6.77. The molecular weight excluding hydrogens is 216 g/mol. The molecule has 0 aromatic heterocycles. The Bertz CT molecular complexity index is 289. The highest BCUT2D eigenvalue weighted by Crippen LogP contribution is 2.13. The maximum absolute atomic E-state index is 10.9. The van der Waals surface area contributed by atoms with Crippen LogP contribution in [0.4, 0.5) is 0 Å². The Labute approximate surface area is 104 Å². The van der Waals surface area contributed by atoms with Crippen LogP contribution >= 0.6 is 0 Å². The first-order valence-corrected chi connectivity index (χ1v) is 6.35. The number of hydrogen-bond acceptors (Lipinski definition) is 3. The third-order valence-corrected chi connectivity index (χ3v) is 3.50. The molecule has 1 fully saturated rings. The molecule has 1 saturated heterocycles. The summed E-state index contributed by atoms with van der Waals surface area (Å²) in [5.41, 5.74) is 0.515. The Hall–Kier alpha value is -0.870. The first kappa shape index (κ1) is 14.2. The van der Waals surface area contributed by atoms with Crippen molar-refractivity contribution in [3.8, 4) is 0 Å². The fourth-order valence-corrected chi connectivity index (χ4v) is 2.29. The van der Waals surface area contributed by atoms with Crippen molar-refractivity contribution in [3.63, 3.8) is 0 Å². The van der Waals surface area contributed by atoms with Crippen molar-refractivity contribution in [2.75, 3.05) is 33.7 Å². The zero-order valence-corrected chi connectivity index (χ0v) is 11.1. The van der Waals surface area contributed by atoms with Gasteiger partial charge in [-0.1, -0.05) is 13.0 Å². The molecule has 0 bridgehead atoms. The standard InChI is InChI=1S/C13H24N2O2/c1-4-11(13(16)17)7-9-15(3)12-6-5-8-14(2)10-12/h7,12H,4-6,8-10H2,1-3H3,(H,16,17). The van der Waals surface area contributed by atoms with E-state index in [0.29, 0.717) is 18.0 Å². The van der Waals surface area contributed by atoms with Crippen LogP contribution in [0.3, 0.4) is 0 Å². The van der Waals surface area contributed by atoms with Crippen LogP contribution in [0.25, 0.3) is 0 Å². The Morgan fingerprint density at radius 1 is 1.59 bits per heavy atom. The van der Waals surface area contributed by atoms with Crippen molar-refractivity contribution in [1.82, 2.24) is 9.80 Å². The first-order valence-electron chi connectivity index (χ1n) is 6.35. The minimum absolute atomic E-state index is 0.515. The van der Waals surface area contributed by atoms with Crippen LogP contribution in [0.1, 0.15) is 26.2 Å². The van der Waals surface area contributed by atoms with E-state index >= 15 is 0 Å². The van der Waals surface area contributed by atoms with Gasteiger partial charge in [-0.3, -0.25) is 4.90 Å². The van der Waals surface area contributed by atoms with E-state index in [1.807, 2.05) is 13.0 Å². The van der Waals surface area contributed by atoms with Crippen molar-refractivity contribution in [3.05, 3.63) is 11.6 Å². The minimum Gasteiger partial charge on any atom is -0.478 e. The quantitative estimate of drug-likeness (QED) is 0.738. The summed E-state index contributed by atoms with van der Waals surface area (Å²) in [5.74, 6) is -0.790. The average Bonchev–Trinajstić information content (AvgIpc) is 2.29. The number of hydrogen-bond donors (Lipinski definition) is 1. The fraction of sp³-hybridized carbons (Fsp3) is 0.769. The SMILES string of the molecule is CCC(=CCN(C)C1CCCN(C)C1)C(=O)O. The molecule has 0 spiro atoms. The lowest BCUT2D eigenvalue weighted by molar-refractivity contribution is -0.132. The molecule has 0 aromatic rings. The highest BCUT2D eigenvalue weighted by molar-refractivity contribution is 5.86. The second-order valence-corrected chi connectivity index (χ2v) is 4.89. The van der Waals surface area contributed by atoms with Gasteiger partial charge in [0, 0.05) is 24.7 Å². The number of nitrogens with zero attached hydrogens (tertiary/aromatic N) is 2. The molecule has 1 unspecified atom stereocenters. The van der Waals surface area contributed by atoms with Gasteiger partial charge in [-0.25, -0.2) is 4.79 Å². The van der Waals surface area contributed by atoms with Gasteiger partial charge in [0.15, 0.2) is 0 Å². The van der Waals surface area contributed by atoms with Gasteiger partial charge in [0.2, 0.25) is 0 Å². The summed E-state index contributed by atoms with van der Waals surface area (Å²) in [7, 11) is 4.22. The molecule has 0 aromatic carbocycles. The molecule has 4 nitrogen and oxygen atoms in total. The van der Waals surface area contributed by atoms with Gasteiger partial charge in [-0.05, 0) is 39.9 Å². The summed E-state index contributed by atoms with van der Waals surface area (Å²) < 4.78 is 0. The van der Waals surface area contributed by atoms with Crippen LogP contribution in [0, 0.1) is 0 Å². The molecule has 1 aliphatic heterocycles. The third kappa shape index (κ3) is 4.48. The van der Waals surface area contributed by atoms with E-state index < -0.39 is 5.97 Å². The molecule has 0 radical (unpaired) electrons. The summed E-state index contributed by atoms with van der Waals surface area (Å²) in [6.07, 6.45) is 4.88. The zero-order chi connectivity index (χ0) is 12.8. The lowest BCUT2D eigenvalue weighted by Gasteiger charge is -2.35. The van der Waals surface area contributed by atoms with E-state index in [-0.39, 0.29) is 0 Å². The van der Waals surface area contributed by atoms with Crippen LogP contribution in [0.15, 0.2) is 11.6 Å². The summed E-state index contributed by atoms with van der Waals surface area (Å²) >= 11 is 0. The molecule has 1 heterocycles. The predicted octanol–water partition coefficient (Wildman–Crippen LogP) is 1.43. The number of carboxylic acids is 1. The summed E-state index contributed by atoms with van der Waals surface area (Å²) in [6.45, 7) is 4.87. The average molecular weight is 240 g/mol. The molecule has 1 aliphatic rings. The number of carbonyl (C=O) groups is 1. The highest BCUT2D eigenvalue weighted by Gasteiger charge is 2.20. The molecule has 1 atom stereocenters. The lowest BCUT2D eigenvalue weighted by atomic mass is 10.0. The van der Waals surface area contributed by atoms with E-state index in [4.69, 9.17) is 5.11 Å². The van der Waals surface area contributed by atoms with Crippen molar-refractivity contribution < 1.29 is 9.90 Å². The van der Waals surface area contributed by atoms with Gasteiger partial charge in [-0.2, -0.15) is 0 Å². The van der Waals surface area contributed by atoms with Gasteiger partial charge < -0.3 is 10.0 Å². The number of rotatable bonds is 5. The maximum atomic E-state index is 10.9. The minimum atomic E-state index is -0.790. The Kier molecular flexibility index (Phi) is 5.65. The second-order valence-electron chi connectivity index (χ2n) is 4.89. The summed E-state index contributed by atoms with van der Waals surface area (Å²) in [5, 5.41) is 8.94. The van der Waals surface area contributed by atoms with Gasteiger partial charge in [-0.15, -0.1) is 0 Å². The fourth-order valence-electron chi connectivity index (χ4n) is 2.29. The molecule has 1 N–H and O–H groups in total. The highest BCUT2D eigenvalue weighted by atomic mass is 16.4. The van der Waals surface area contributed by atoms with Crippen molar-refractivity contribution in [2.24, 2.45) is 0 Å². The number of aliphatic carboxylic acids is 1. The molecule has 1 rings (SSSR count). The molecular formula is C13H24N2O2. The normalized spacial score (nSPS) is 23.1. The predicted molar refractivity (Wildman–Crippen MR) is 69.2 cm³/mol. The van der Waals surface area contributed by atoms with Crippen LogP contribution in [-0.2, 0) is 4.79 Å². The maximum Gasteiger partial charge on any atom is 0.331 e. The van der Waals surface area contributed by atoms with Crippen LogP contribution < -0.4 is 0 Å². The largest absolute Gasteiger partial charge is 0.478 e. The lowest BCUT2D eigenvalue weighted by Crippen LogP contribution is -2.45. The summed E-state index contributed by atoms with van der Waals surface area (Å²) in [6, 6.07) is 0.553. The van der Waals surface area contributed by atoms with E-state index in [1.54, 1.807) is 0 Å². The van der Waals surface area contributed by atoms with E-state index in [2.05, 4.69) is 23.9 Å². The molecule has 4 heteroatoms. The molecule has 0 amide bonds. The number of likely N-dealkylation sites (tertiary alicyclic amines) is 1. The number of piperidine rings is 1. The van der Waals surface area contributed by atoms with Gasteiger partial charge in [0.25, 0.3) is 0 Å². The van der Waals surface area contributed by atoms with Gasteiger partial charge in [0.05, 0.1) is 0 Å². The third-order valence-electron chi connectivity index (χ3n) is 3.50. The van der Waals surface area contributed by atoms with E-state index in [9.17, 15) is 4.79 Å². The topological polar surface area (TPSA) is 43.8 Å². The van der Waals surface area contributed by atoms with Crippen molar-refractivity contribution in [1.29, 1.82) is 0 Å². The summed E-state index contributed by atoms with van der Waals surface area (Å²) in [4.78, 5) is 15.5. The van der Waals surface area contributed by atoms with Gasteiger partial charge >= 0.3 is 5.97 Å². The van der Waals surface area contributed by atoms with Crippen LogP contribution in [-0.4, -0.2) is 60.6 Å². The Balaban J connectivity index is 2.47. The first-order chi connectivity index (χ1) is 8.04. The Morgan fingerprint density at radius 2 is 2.29 bits per heavy atom. The Morgan fingerprint density at radius 3 is 2.82 bits per heavy atom. The monoisotopic (exact) mass is 240 g/mol. The number of likely N-dealkylation sites (N-methyl/N-ethyl adjacent to an activating group) is 2. The van der Waals surface area contributed by atoms with Gasteiger partial charge in [0.1, 0.15) is 0 Å². The van der Waals surface area contributed by atoms with Crippen molar-refractivity contribution >= 4 is 5.97 Å². The van der Waals surface area contributed by atoms with E-state index in [0.717, 1.165) is 13.1 Å². The van der Waals surface area contributed by atoms with Crippen LogP contribution in [0.2, 0.25) is 0 Å². The smallest absolute Gasteiger partial charge is 0.331 e. The van der Waals surface area contributed by atoms with Crippen LogP contribution in [0.5, 0.6) is 0 Å².